The van der Waals surface area contributed by atoms with Gasteiger partial charge in [-0.3, -0.25) is 0 Å². The highest BCUT2D eigenvalue weighted by atomic mass is 32.2. The lowest BCUT2D eigenvalue weighted by atomic mass is 10.1. The first kappa shape index (κ1) is 36.3. The van der Waals surface area contributed by atoms with Gasteiger partial charge in [0.05, 0.1) is 12.5 Å². The van der Waals surface area contributed by atoms with Crippen LogP contribution in [0.5, 0.6) is 23.0 Å². The number of rotatable bonds is 14. The van der Waals surface area contributed by atoms with Gasteiger partial charge >= 0.3 is 11.9 Å². The van der Waals surface area contributed by atoms with Crippen LogP contribution in [0, 0.1) is 0 Å². The molecule has 50 heavy (non-hydrogen) atoms. The molecule has 0 heterocycles. The molecular formula is C36H36N2O10S2. The normalized spacial score (nSPS) is 12.0. The molecule has 0 bridgehead atoms. The molecule has 0 spiro atoms. The molecule has 0 saturated carbocycles. The fourth-order valence-corrected chi connectivity index (χ4v) is 5.63. The fourth-order valence-electron chi connectivity index (χ4n) is 4.82. The maximum Gasteiger partial charge on any atom is 0.347 e. The average molecular weight is 721 g/mol. The molecule has 0 N–H and O–H groups in total. The topological polar surface area (TPSA) is 146 Å². The Bertz CT molecular complexity index is 2120. The third-order valence-corrected chi connectivity index (χ3v) is 10.5. The molecule has 0 aliphatic heterocycles. The quantitative estimate of drug-likeness (QED) is 0.114. The van der Waals surface area contributed by atoms with Crippen LogP contribution in [0.15, 0.2) is 97.1 Å². The van der Waals surface area contributed by atoms with Crippen LogP contribution in [0.2, 0.25) is 0 Å². The largest absolute Gasteiger partial charge is 0.491 e. The van der Waals surface area contributed by atoms with Crippen LogP contribution in [0.4, 0.5) is 0 Å². The van der Waals surface area contributed by atoms with Crippen LogP contribution in [0.3, 0.4) is 0 Å². The summed E-state index contributed by atoms with van der Waals surface area (Å²) in [6.07, 6.45) is 2.19. The van der Waals surface area contributed by atoms with E-state index in [2.05, 4.69) is 0 Å². The standard InChI is InChI=1S/C36H36N2O10S2/c1-37(49(3,41)42)16-18-45-33-22-27-12-7-5-10-25(27)20-31(33)35(39)47-29-14-9-15-30(24-29)48-36(40)32-21-26-11-6-8-13-28(26)23-34(32)46-19-17-38(2)50(4,43)44/h5-15,20-24H,16-19H2,1-4H3. The van der Waals surface area contributed by atoms with Crippen LogP contribution in [0.25, 0.3) is 21.5 Å². The number of hydrogen-bond donors (Lipinski definition) is 0. The van der Waals surface area contributed by atoms with E-state index in [1.807, 2.05) is 48.5 Å². The van der Waals surface area contributed by atoms with E-state index < -0.39 is 32.0 Å². The smallest absolute Gasteiger partial charge is 0.347 e. The van der Waals surface area contributed by atoms with Crippen molar-refractivity contribution in [2.24, 2.45) is 0 Å². The highest BCUT2D eigenvalue weighted by Crippen LogP contribution is 2.31. The van der Waals surface area contributed by atoms with Gasteiger partial charge in [0.2, 0.25) is 20.0 Å². The minimum atomic E-state index is -3.42. The molecule has 0 amide bonds. The van der Waals surface area contributed by atoms with Gasteiger partial charge in [-0.2, -0.15) is 0 Å². The first-order valence-corrected chi connectivity index (χ1v) is 19.1. The van der Waals surface area contributed by atoms with Crippen molar-refractivity contribution in [1.29, 1.82) is 0 Å². The summed E-state index contributed by atoms with van der Waals surface area (Å²) in [7, 11) is -3.97. The van der Waals surface area contributed by atoms with Crippen LogP contribution in [-0.2, 0) is 20.0 Å². The van der Waals surface area contributed by atoms with Crippen molar-refractivity contribution in [2.45, 2.75) is 0 Å². The van der Waals surface area contributed by atoms with E-state index in [1.165, 1.54) is 32.3 Å². The lowest BCUT2D eigenvalue weighted by Gasteiger charge is -2.17. The Morgan fingerprint density at radius 2 is 0.900 bits per heavy atom. The van der Waals surface area contributed by atoms with Gasteiger partial charge in [0.25, 0.3) is 0 Å². The number of nitrogens with zero attached hydrogens (tertiary/aromatic N) is 2. The molecule has 0 unspecified atom stereocenters. The molecule has 0 atom stereocenters. The molecule has 12 nitrogen and oxygen atoms in total. The van der Waals surface area contributed by atoms with Crippen LogP contribution in [0.1, 0.15) is 20.7 Å². The summed E-state index contributed by atoms with van der Waals surface area (Å²) in [4.78, 5) is 27.0. The molecule has 0 saturated heterocycles. The van der Waals surface area contributed by atoms with Crippen molar-refractivity contribution in [3.05, 3.63) is 108 Å². The lowest BCUT2D eigenvalue weighted by molar-refractivity contribution is 0.0728. The summed E-state index contributed by atoms with van der Waals surface area (Å²) in [6.45, 7) is 0.107. The van der Waals surface area contributed by atoms with Crippen molar-refractivity contribution < 1.29 is 45.4 Å². The molecule has 0 radical (unpaired) electrons. The lowest BCUT2D eigenvalue weighted by Crippen LogP contribution is -2.30. The summed E-state index contributed by atoms with van der Waals surface area (Å²) in [5, 5.41) is 3.14. The number of hydrogen-bond acceptors (Lipinski definition) is 10. The Morgan fingerprint density at radius 3 is 1.26 bits per heavy atom. The minimum absolute atomic E-state index is 0.0114. The number of sulfonamides is 2. The highest BCUT2D eigenvalue weighted by Gasteiger charge is 2.21. The molecule has 5 aromatic rings. The fraction of sp³-hybridized carbons (Fsp3) is 0.222. The van der Waals surface area contributed by atoms with E-state index in [1.54, 1.807) is 30.3 Å². The Kier molecular flexibility index (Phi) is 11.1. The average Bonchev–Trinajstić information content (AvgIpc) is 3.06. The van der Waals surface area contributed by atoms with E-state index in [4.69, 9.17) is 18.9 Å². The Hall–Kier alpha value is -5.02. The number of carbonyl (C=O) groups excluding carboxylic acids is 2. The molecule has 14 heteroatoms. The van der Waals surface area contributed by atoms with Gasteiger partial charge in [-0.05, 0) is 57.9 Å². The number of esters is 2. The zero-order valence-corrected chi connectivity index (χ0v) is 29.5. The zero-order chi connectivity index (χ0) is 36.1. The predicted octanol–water partition coefficient (Wildman–Crippen LogP) is 4.97. The second kappa shape index (κ2) is 15.3. The van der Waals surface area contributed by atoms with Crippen molar-refractivity contribution in [2.75, 3.05) is 52.9 Å². The number of benzene rings is 5. The number of fused-ring (bicyclic) bond motifs is 2. The van der Waals surface area contributed by atoms with Crippen LogP contribution in [-0.4, -0.2) is 90.3 Å². The summed E-state index contributed by atoms with van der Waals surface area (Å²) >= 11 is 0. The van der Waals surface area contributed by atoms with Gasteiger partial charge in [-0.25, -0.2) is 35.0 Å². The van der Waals surface area contributed by atoms with Gasteiger partial charge in [0, 0.05) is 33.3 Å². The first-order chi connectivity index (χ1) is 23.7. The SMILES string of the molecule is CN(CCOc1cc2ccccc2cc1C(=O)Oc1cccc(OC(=O)c2cc3ccccc3cc2OCCN(C)S(C)(=O)=O)c1)S(C)(=O)=O. The summed E-state index contributed by atoms with van der Waals surface area (Å²) < 4.78 is 72.6. The van der Waals surface area contributed by atoms with Crippen molar-refractivity contribution >= 4 is 53.5 Å². The number of likely N-dealkylation sites (N-methyl/N-ethyl adjacent to an activating group) is 2. The monoisotopic (exact) mass is 720 g/mol. The molecule has 0 aliphatic carbocycles. The van der Waals surface area contributed by atoms with Gasteiger partial charge < -0.3 is 18.9 Å². The van der Waals surface area contributed by atoms with E-state index >= 15 is 0 Å². The predicted molar refractivity (Wildman–Crippen MR) is 190 cm³/mol. The molecule has 0 fully saturated rings. The minimum Gasteiger partial charge on any atom is -0.491 e. The van der Waals surface area contributed by atoms with Gasteiger partial charge in [-0.1, -0.05) is 54.6 Å². The van der Waals surface area contributed by atoms with Crippen LogP contribution >= 0.6 is 0 Å². The summed E-state index contributed by atoms with van der Waals surface area (Å²) in [6, 6.07) is 27.4. The van der Waals surface area contributed by atoms with Crippen LogP contribution < -0.4 is 18.9 Å². The van der Waals surface area contributed by atoms with Gasteiger partial charge in [0.1, 0.15) is 47.3 Å². The Morgan fingerprint density at radius 1 is 0.540 bits per heavy atom. The van der Waals surface area contributed by atoms with E-state index in [0.717, 1.165) is 42.7 Å². The molecular weight excluding hydrogens is 685 g/mol. The third-order valence-electron chi connectivity index (χ3n) is 7.82. The van der Waals surface area contributed by atoms with Gasteiger partial charge in [0.15, 0.2) is 0 Å². The first-order valence-electron chi connectivity index (χ1n) is 15.4. The second-order valence-electron chi connectivity index (χ2n) is 11.5. The molecule has 5 rings (SSSR count). The second-order valence-corrected chi connectivity index (χ2v) is 15.7. The highest BCUT2D eigenvalue weighted by molar-refractivity contribution is 7.88. The maximum atomic E-state index is 13.5. The zero-order valence-electron chi connectivity index (χ0n) is 27.9. The van der Waals surface area contributed by atoms with Gasteiger partial charge in [-0.15, -0.1) is 0 Å². The molecule has 0 aliphatic rings. The summed E-state index contributed by atoms with van der Waals surface area (Å²) in [5.74, 6) is -0.871. The van der Waals surface area contributed by atoms with Crippen molar-refractivity contribution in [3.8, 4) is 23.0 Å². The maximum absolute atomic E-state index is 13.5. The molecule has 262 valence electrons. The van der Waals surface area contributed by atoms with E-state index in [-0.39, 0.29) is 60.4 Å². The third kappa shape index (κ3) is 9.15. The van der Waals surface area contributed by atoms with Crippen molar-refractivity contribution in [1.82, 2.24) is 8.61 Å². The van der Waals surface area contributed by atoms with Crippen molar-refractivity contribution in [3.63, 3.8) is 0 Å². The molecule has 0 aromatic heterocycles. The number of ether oxygens (including phenoxy) is 4. The Balaban J connectivity index is 1.34. The number of carbonyl (C=O) groups is 2. The summed E-state index contributed by atoms with van der Waals surface area (Å²) in [5.41, 5.74) is 0.236. The molecule has 5 aromatic carbocycles. The van der Waals surface area contributed by atoms with E-state index in [9.17, 15) is 26.4 Å². The Labute approximate surface area is 290 Å². The van der Waals surface area contributed by atoms with E-state index in [0.29, 0.717) is 0 Å².